The van der Waals surface area contributed by atoms with Gasteiger partial charge in [0.05, 0.1) is 32.8 Å². The Bertz CT molecular complexity index is 1620. The average molecular weight is 600 g/mol. The maximum atomic E-state index is 11.1. The molecule has 3 heterocycles. The van der Waals surface area contributed by atoms with Crippen molar-refractivity contribution in [1.29, 1.82) is 0 Å². The molecule has 6 rings (SSSR count). The minimum absolute atomic E-state index is 0.0497. The lowest BCUT2D eigenvalue weighted by Gasteiger charge is -2.25. The molecule has 1 saturated heterocycles. The highest BCUT2D eigenvalue weighted by Gasteiger charge is 2.48. The first kappa shape index (κ1) is 28.9. The summed E-state index contributed by atoms with van der Waals surface area (Å²) in [6, 6.07) is 29.8. The lowest BCUT2D eigenvalue weighted by molar-refractivity contribution is -0.105. The zero-order valence-electron chi connectivity index (χ0n) is 23.2. The summed E-state index contributed by atoms with van der Waals surface area (Å²) in [5.74, 6) is 0.0497. The molecule has 2 aromatic heterocycles. The first-order valence-corrected chi connectivity index (χ1v) is 14.3. The molecule has 1 aliphatic rings. The zero-order valence-corrected chi connectivity index (χ0v) is 23.9. The highest BCUT2D eigenvalue weighted by atomic mass is 35.5. The van der Waals surface area contributed by atoms with Gasteiger partial charge in [-0.05, 0) is 16.7 Å². The Morgan fingerprint density at radius 3 is 2.00 bits per heavy atom. The van der Waals surface area contributed by atoms with E-state index in [1.54, 1.807) is 10.9 Å². The molecule has 11 heteroatoms. The number of ether oxygens (including phenoxy) is 4. The van der Waals surface area contributed by atoms with Gasteiger partial charge in [-0.1, -0.05) is 103 Å². The number of imidazole rings is 1. The quantitative estimate of drug-likeness (QED) is 0.143. The third-order valence-corrected chi connectivity index (χ3v) is 7.35. The van der Waals surface area contributed by atoms with Gasteiger partial charge in [0.2, 0.25) is 12.4 Å². The summed E-state index contributed by atoms with van der Waals surface area (Å²) in [4.78, 5) is 24.2. The smallest absolute Gasteiger partial charge is 0.232 e. The number of rotatable bonds is 13. The Labute approximate surface area is 253 Å². The third-order valence-electron chi connectivity index (χ3n) is 7.09. The molecule has 5 aromatic rings. The van der Waals surface area contributed by atoms with Crippen LogP contribution in [0.5, 0.6) is 0 Å². The molecular weight excluding hydrogens is 570 g/mol. The molecule has 3 aromatic carbocycles. The highest BCUT2D eigenvalue weighted by molar-refractivity contribution is 6.33. The third kappa shape index (κ3) is 6.90. The molecule has 1 amide bonds. The van der Waals surface area contributed by atoms with E-state index in [2.05, 4.69) is 20.3 Å². The summed E-state index contributed by atoms with van der Waals surface area (Å²) in [5, 5.41) is 2.56. The van der Waals surface area contributed by atoms with Crippen LogP contribution in [0.4, 0.5) is 5.95 Å². The average Bonchev–Trinajstić information content (AvgIpc) is 3.62. The van der Waals surface area contributed by atoms with Gasteiger partial charge < -0.3 is 18.9 Å². The summed E-state index contributed by atoms with van der Waals surface area (Å²) in [6.45, 7) is 1.36. The van der Waals surface area contributed by atoms with Gasteiger partial charge in [0.15, 0.2) is 17.0 Å². The van der Waals surface area contributed by atoms with Crippen LogP contribution in [0, 0.1) is 0 Å². The van der Waals surface area contributed by atoms with Crippen molar-refractivity contribution < 1.29 is 23.7 Å². The van der Waals surface area contributed by atoms with Crippen molar-refractivity contribution in [3.05, 3.63) is 119 Å². The molecule has 1 aliphatic heterocycles. The number of anilines is 1. The summed E-state index contributed by atoms with van der Waals surface area (Å²) in [6.07, 6.45) is -0.199. The van der Waals surface area contributed by atoms with E-state index in [9.17, 15) is 4.79 Å². The fraction of sp³-hybridized carbons (Fsp3) is 0.250. The van der Waals surface area contributed by atoms with Crippen molar-refractivity contribution >= 4 is 35.1 Å². The predicted molar refractivity (Wildman–Crippen MR) is 160 cm³/mol. The Kier molecular flexibility index (Phi) is 9.31. The van der Waals surface area contributed by atoms with E-state index in [1.165, 1.54) is 0 Å². The van der Waals surface area contributed by atoms with E-state index in [1.807, 2.05) is 91.0 Å². The van der Waals surface area contributed by atoms with Crippen LogP contribution >= 0.6 is 11.6 Å². The number of carbonyl (C=O) groups excluding carboxylic acids is 1. The molecule has 1 N–H and O–H groups in total. The molecule has 10 nitrogen and oxygen atoms in total. The minimum Gasteiger partial charge on any atom is -0.374 e. The normalized spacial score (nSPS) is 19.9. The Morgan fingerprint density at radius 2 is 1.40 bits per heavy atom. The number of hydrogen-bond acceptors (Lipinski definition) is 8. The van der Waals surface area contributed by atoms with Crippen LogP contribution < -0.4 is 5.32 Å². The van der Waals surface area contributed by atoms with Crippen molar-refractivity contribution in [3.8, 4) is 0 Å². The number of nitrogens with one attached hydrogen (secondary N) is 1. The van der Waals surface area contributed by atoms with Gasteiger partial charge in [-0.15, -0.1) is 0 Å². The molecule has 4 unspecified atom stereocenters. The van der Waals surface area contributed by atoms with Crippen LogP contribution in [0.2, 0.25) is 5.15 Å². The molecule has 0 spiro atoms. The molecule has 0 radical (unpaired) electrons. The number of amides is 1. The van der Waals surface area contributed by atoms with E-state index in [0.717, 1.165) is 16.7 Å². The van der Waals surface area contributed by atoms with Crippen LogP contribution in [0.1, 0.15) is 22.9 Å². The number of hydrogen-bond donors (Lipinski definition) is 1. The van der Waals surface area contributed by atoms with Crippen molar-refractivity contribution in [2.45, 2.75) is 44.4 Å². The fourth-order valence-electron chi connectivity index (χ4n) is 5.03. The van der Waals surface area contributed by atoms with Crippen molar-refractivity contribution in [2.75, 3.05) is 11.9 Å². The molecule has 4 atom stereocenters. The summed E-state index contributed by atoms with van der Waals surface area (Å²) < 4.78 is 27.7. The number of benzene rings is 3. The van der Waals surface area contributed by atoms with Crippen LogP contribution in [0.3, 0.4) is 0 Å². The number of fused-ring (bicyclic) bond motifs is 1. The van der Waals surface area contributed by atoms with Gasteiger partial charge in [-0.2, -0.15) is 9.97 Å². The van der Waals surface area contributed by atoms with E-state index in [-0.39, 0.29) is 17.7 Å². The second-order valence-electron chi connectivity index (χ2n) is 10.0. The molecular formula is C32H30ClN5O5. The first-order valence-electron chi connectivity index (χ1n) is 13.9. The second-order valence-corrected chi connectivity index (χ2v) is 10.4. The van der Waals surface area contributed by atoms with Crippen molar-refractivity contribution in [1.82, 2.24) is 19.5 Å². The molecule has 0 aliphatic carbocycles. The highest BCUT2D eigenvalue weighted by Crippen LogP contribution is 2.37. The van der Waals surface area contributed by atoms with E-state index in [4.69, 9.17) is 30.5 Å². The summed E-state index contributed by atoms with van der Waals surface area (Å²) in [7, 11) is 0. The Morgan fingerprint density at radius 1 is 0.814 bits per heavy atom. The van der Waals surface area contributed by atoms with Crippen LogP contribution in [-0.2, 0) is 43.6 Å². The molecule has 0 bridgehead atoms. The maximum Gasteiger partial charge on any atom is 0.232 e. The van der Waals surface area contributed by atoms with Crippen molar-refractivity contribution in [2.24, 2.45) is 0 Å². The van der Waals surface area contributed by atoms with E-state index in [0.29, 0.717) is 37.4 Å². The fourth-order valence-corrected chi connectivity index (χ4v) is 5.24. The lowest BCUT2D eigenvalue weighted by atomic mass is 10.1. The Hall–Kier alpha value is -4.19. The summed E-state index contributed by atoms with van der Waals surface area (Å²) >= 11 is 6.40. The topological polar surface area (TPSA) is 110 Å². The standard InChI is InChI=1S/C32H30ClN5O5/c33-29-26-30(37-32(36-29)35-21-39)38(20-34-26)31-28(42-18-24-14-8-3-9-15-24)27(41-17-23-12-6-2-7-13-23)25(43-31)19-40-16-22-10-4-1-5-11-22/h1-15,20-21,25,27-28,31H,16-19H2,(H,35,36,37,39). The summed E-state index contributed by atoms with van der Waals surface area (Å²) in [5.41, 5.74) is 3.83. The van der Waals surface area contributed by atoms with Gasteiger partial charge in [0.1, 0.15) is 23.8 Å². The van der Waals surface area contributed by atoms with Crippen LogP contribution in [0.25, 0.3) is 11.2 Å². The SMILES string of the molecule is O=CNc1nc(Cl)c2ncn(C3OC(COCc4ccccc4)C(OCc4ccccc4)C3OCc3ccccc3)c2n1. The van der Waals surface area contributed by atoms with Crippen LogP contribution in [0.15, 0.2) is 97.3 Å². The molecule has 43 heavy (non-hydrogen) atoms. The van der Waals surface area contributed by atoms with Gasteiger partial charge in [-0.25, -0.2) is 4.98 Å². The Balaban J connectivity index is 1.33. The molecule has 0 saturated carbocycles. The minimum atomic E-state index is -0.699. The molecule has 1 fully saturated rings. The number of carbonyl (C=O) groups is 1. The van der Waals surface area contributed by atoms with Crippen LogP contribution in [-0.4, -0.2) is 50.8 Å². The van der Waals surface area contributed by atoms with E-state index < -0.39 is 24.5 Å². The first-order chi connectivity index (χ1) is 21.2. The number of aromatic nitrogens is 4. The lowest BCUT2D eigenvalue weighted by Crippen LogP contribution is -2.38. The number of nitrogens with zero attached hydrogens (tertiary/aromatic N) is 4. The maximum absolute atomic E-state index is 11.1. The second kappa shape index (κ2) is 13.9. The van der Waals surface area contributed by atoms with Gasteiger partial charge in [0.25, 0.3) is 0 Å². The predicted octanol–water partition coefficient (Wildman–Crippen LogP) is 5.33. The van der Waals surface area contributed by atoms with Crippen molar-refractivity contribution in [3.63, 3.8) is 0 Å². The largest absolute Gasteiger partial charge is 0.374 e. The number of halogens is 1. The zero-order chi connectivity index (χ0) is 29.4. The van der Waals surface area contributed by atoms with E-state index >= 15 is 0 Å². The van der Waals surface area contributed by atoms with Gasteiger partial charge >= 0.3 is 0 Å². The molecule has 220 valence electrons. The monoisotopic (exact) mass is 599 g/mol. The van der Waals surface area contributed by atoms with Gasteiger partial charge in [-0.3, -0.25) is 14.7 Å². The van der Waals surface area contributed by atoms with Gasteiger partial charge in [0, 0.05) is 0 Å².